The topological polar surface area (TPSA) is 25.8 Å². The van der Waals surface area contributed by atoms with Gasteiger partial charge in [0.05, 0.1) is 5.52 Å². The van der Waals surface area contributed by atoms with E-state index >= 15 is 0 Å². The van der Waals surface area contributed by atoms with Gasteiger partial charge in [0.2, 0.25) is 5.28 Å². The molecule has 5 heteroatoms. The summed E-state index contributed by atoms with van der Waals surface area (Å²) in [6.45, 7) is 0. The molecule has 2 heterocycles. The predicted octanol–water partition coefficient (Wildman–Crippen LogP) is 6.46. The average molecular weight is 355 g/mol. The third-order valence-corrected chi connectivity index (χ3v) is 5.69. The van der Waals surface area contributed by atoms with Gasteiger partial charge in [0, 0.05) is 25.6 Å². The van der Waals surface area contributed by atoms with Crippen LogP contribution in [0.5, 0.6) is 0 Å². The van der Waals surface area contributed by atoms with Crippen molar-refractivity contribution in [1.29, 1.82) is 0 Å². The first-order valence-corrected chi connectivity index (χ1v) is 8.65. The molecular formula is C18H8Cl2N2S. The van der Waals surface area contributed by atoms with Gasteiger partial charge in [-0.1, -0.05) is 41.9 Å². The van der Waals surface area contributed by atoms with Gasteiger partial charge in [0.15, 0.2) is 0 Å². The Bertz CT molecular complexity index is 1240. The third kappa shape index (κ3) is 1.88. The predicted molar refractivity (Wildman–Crippen MR) is 100.0 cm³/mol. The monoisotopic (exact) mass is 354 g/mol. The smallest absolute Gasteiger partial charge is 0.217 e. The normalized spacial score (nSPS) is 11.9. The Morgan fingerprint density at radius 2 is 1.52 bits per heavy atom. The molecule has 5 rings (SSSR count). The molecule has 0 radical (unpaired) electrons. The summed E-state index contributed by atoms with van der Waals surface area (Å²) in [4.78, 5) is 8.53. The molecule has 0 bridgehead atoms. The fourth-order valence-corrected chi connectivity index (χ4v) is 4.72. The van der Waals surface area contributed by atoms with Crippen molar-refractivity contribution in [2.24, 2.45) is 0 Å². The van der Waals surface area contributed by atoms with Crippen LogP contribution in [0.3, 0.4) is 0 Å². The fraction of sp³-hybridized carbons (Fsp3) is 0. The molecule has 110 valence electrons. The molecular weight excluding hydrogens is 347 g/mol. The number of aromatic nitrogens is 2. The number of hydrogen-bond donors (Lipinski definition) is 0. The van der Waals surface area contributed by atoms with Gasteiger partial charge in [0.25, 0.3) is 0 Å². The number of fused-ring (bicyclic) bond motifs is 7. The van der Waals surface area contributed by atoms with E-state index in [0.717, 1.165) is 16.3 Å². The molecule has 2 nitrogen and oxygen atoms in total. The van der Waals surface area contributed by atoms with Crippen molar-refractivity contribution < 1.29 is 0 Å². The van der Waals surface area contributed by atoms with Crippen molar-refractivity contribution >= 4 is 76.4 Å². The van der Waals surface area contributed by atoms with Crippen molar-refractivity contribution in [1.82, 2.24) is 9.97 Å². The maximum absolute atomic E-state index is 6.27. The highest BCUT2D eigenvalue weighted by Crippen LogP contribution is 2.42. The Labute approximate surface area is 145 Å². The Morgan fingerprint density at radius 3 is 2.43 bits per heavy atom. The number of benzene rings is 3. The van der Waals surface area contributed by atoms with Gasteiger partial charge in [0.1, 0.15) is 5.15 Å². The van der Waals surface area contributed by atoms with Crippen molar-refractivity contribution in [3.05, 3.63) is 59.0 Å². The Morgan fingerprint density at radius 1 is 0.739 bits per heavy atom. The second-order valence-corrected chi connectivity index (χ2v) is 7.16. The van der Waals surface area contributed by atoms with Crippen LogP contribution < -0.4 is 0 Å². The van der Waals surface area contributed by atoms with Gasteiger partial charge in [-0.2, -0.15) is 0 Å². The first-order chi connectivity index (χ1) is 11.2. The number of nitrogens with zero attached hydrogens (tertiary/aromatic N) is 2. The minimum Gasteiger partial charge on any atom is -0.217 e. The quantitative estimate of drug-likeness (QED) is 0.235. The van der Waals surface area contributed by atoms with E-state index in [1.54, 1.807) is 11.3 Å². The lowest BCUT2D eigenvalue weighted by Gasteiger charge is -2.04. The SMILES string of the molecule is Clc1nc(Cl)c2ccc3sc4ccc5ccccc5c4c3c2n1. The zero-order valence-electron chi connectivity index (χ0n) is 11.7. The molecule has 3 aromatic carbocycles. The van der Waals surface area contributed by atoms with Crippen LogP contribution in [0.4, 0.5) is 0 Å². The molecule has 0 saturated carbocycles. The van der Waals surface area contributed by atoms with Crippen LogP contribution in [0.2, 0.25) is 10.4 Å². The lowest BCUT2D eigenvalue weighted by atomic mass is 10.0. The van der Waals surface area contributed by atoms with E-state index in [9.17, 15) is 0 Å². The van der Waals surface area contributed by atoms with Crippen molar-refractivity contribution in [3.63, 3.8) is 0 Å². The van der Waals surface area contributed by atoms with E-state index < -0.39 is 0 Å². The van der Waals surface area contributed by atoms with Crippen molar-refractivity contribution in [2.45, 2.75) is 0 Å². The van der Waals surface area contributed by atoms with Crippen LogP contribution in [-0.4, -0.2) is 9.97 Å². The van der Waals surface area contributed by atoms with E-state index in [0.29, 0.717) is 5.15 Å². The maximum atomic E-state index is 6.27. The molecule has 0 N–H and O–H groups in total. The molecule has 0 aliphatic rings. The first-order valence-electron chi connectivity index (χ1n) is 7.08. The molecule has 23 heavy (non-hydrogen) atoms. The van der Waals surface area contributed by atoms with Gasteiger partial charge in [-0.15, -0.1) is 11.3 Å². The second-order valence-electron chi connectivity index (χ2n) is 5.38. The summed E-state index contributed by atoms with van der Waals surface area (Å²) in [5.41, 5.74) is 0.815. The fourth-order valence-electron chi connectivity index (χ4n) is 3.15. The van der Waals surface area contributed by atoms with Crippen LogP contribution in [0.25, 0.3) is 41.8 Å². The molecule has 0 fully saturated rings. The summed E-state index contributed by atoms with van der Waals surface area (Å²) in [7, 11) is 0. The van der Waals surface area contributed by atoms with E-state index in [1.807, 2.05) is 6.07 Å². The molecule has 0 aliphatic heterocycles. The molecule has 0 spiro atoms. The zero-order valence-corrected chi connectivity index (χ0v) is 14.0. The van der Waals surface area contributed by atoms with Crippen LogP contribution in [0.15, 0.2) is 48.5 Å². The maximum Gasteiger partial charge on any atom is 0.224 e. The third-order valence-electron chi connectivity index (χ3n) is 4.12. The largest absolute Gasteiger partial charge is 0.224 e. The highest BCUT2D eigenvalue weighted by Gasteiger charge is 2.15. The lowest BCUT2D eigenvalue weighted by molar-refractivity contribution is 1.23. The Kier molecular flexibility index (Phi) is 2.80. The van der Waals surface area contributed by atoms with Gasteiger partial charge in [-0.05, 0) is 40.6 Å². The number of thiophene rings is 1. The number of rotatable bonds is 0. The standard InChI is InChI=1S/C18H8Cl2N2S/c19-17-11-6-8-13-15(16(11)21-18(20)22-17)14-10-4-2-1-3-9(10)5-7-12(14)23-13/h1-8H. The van der Waals surface area contributed by atoms with Crippen LogP contribution in [0.1, 0.15) is 0 Å². The zero-order chi connectivity index (χ0) is 15.6. The van der Waals surface area contributed by atoms with E-state index in [-0.39, 0.29) is 5.28 Å². The Balaban J connectivity index is 2.16. The number of halogens is 2. The van der Waals surface area contributed by atoms with Gasteiger partial charge in [-0.3, -0.25) is 0 Å². The highest BCUT2D eigenvalue weighted by molar-refractivity contribution is 7.26. The molecule has 0 aliphatic carbocycles. The Hall–Kier alpha value is -1.94. The van der Waals surface area contributed by atoms with Gasteiger partial charge >= 0.3 is 0 Å². The van der Waals surface area contributed by atoms with Crippen molar-refractivity contribution in [2.75, 3.05) is 0 Å². The summed E-state index contributed by atoms with van der Waals surface area (Å²) in [5.74, 6) is 0. The van der Waals surface area contributed by atoms with Crippen LogP contribution >= 0.6 is 34.5 Å². The van der Waals surface area contributed by atoms with E-state index in [1.165, 1.54) is 25.6 Å². The molecule has 0 amide bonds. The first kappa shape index (κ1) is 13.5. The number of hydrogen-bond acceptors (Lipinski definition) is 3. The summed E-state index contributed by atoms with van der Waals surface area (Å²) in [6, 6.07) is 16.8. The molecule has 5 aromatic rings. The molecule has 0 atom stereocenters. The van der Waals surface area contributed by atoms with Crippen LogP contribution in [-0.2, 0) is 0 Å². The summed E-state index contributed by atoms with van der Waals surface area (Å²) in [5, 5.41) is 6.13. The minimum atomic E-state index is 0.176. The van der Waals surface area contributed by atoms with Gasteiger partial charge < -0.3 is 0 Å². The molecule has 2 aromatic heterocycles. The highest BCUT2D eigenvalue weighted by atomic mass is 35.5. The molecule has 0 unspecified atom stereocenters. The minimum absolute atomic E-state index is 0.176. The van der Waals surface area contributed by atoms with Gasteiger partial charge in [-0.25, -0.2) is 9.97 Å². The average Bonchev–Trinajstić information content (AvgIpc) is 2.94. The lowest BCUT2D eigenvalue weighted by Crippen LogP contribution is -1.87. The van der Waals surface area contributed by atoms with E-state index in [2.05, 4.69) is 52.4 Å². The summed E-state index contributed by atoms with van der Waals surface area (Å²) >= 11 is 14.1. The van der Waals surface area contributed by atoms with Crippen LogP contribution in [0, 0.1) is 0 Å². The summed E-state index contributed by atoms with van der Waals surface area (Å²) in [6.07, 6.45) is 0. The molecule has 0 saturated heterocycles. The van der Waals surface area contributed by atoms with E-state index in [4.69, 9.17) is 23.2 Å². The van der Waals surface area contributed by atoms with Crippen molar-refractivity contribution in [3.8, 4) is 0 Å². The second kappa shape index (κ2) is 4.78. The summed E-state index contributed by atoms with van der Waals surface area (Å²) < 4.78 is 2.41.